The zero-order valence-electron chi connectivity index (χ0n) is 13.0. The van der Waals surface area contributed by atoms with Crippen LogP contribution in [0.25, 0.3) is 0 Å². The largest absolute Gasteiger partial charge is 1.00 e. The number of unbranched alkanes of at least 4 members (excludes halogenated alkanes) is 13. The molecule has 0 saturated carbocycles. The molecule has 0 aliphatic heterocycles. The van der Waals surface area contributed by atoms with Crippen molar-refractivity contribution in [3.63, 3.8) is 0 Å². The van der Waals surface area contributed by atoms with Crippen LogP contribution in [-0.4, -0.2) is 0 Å². The Morgan fingerprint density at radius 2 is 0.833 bits per heavy atom. The summed E-state index contributed by atoms with van der Waals surface area (Å²) < 4.78 is 0. The quantitative estimate of drug-likeness (QED) is 0.337. The Morgan fingerprint density at radius 1 is 0.556 bits per heavy atom. The third kappa shape index (κ3) is 22.6. The minimum absolute atomic E-state index is 0. The van der Waals surface area contributed by atoms with Gasteiger partial charge in [-0.1, -0.05) is 104 Å². The molecule has 0 aromatic heterocycles. The maximum atomic E-state index is 3.87. The van der Waals surface area contributed by atoms with E-state index in [0.717, 1.165) is 6.42 Å². The second-order valence-electron chi connectivity index (χ2n) is 5.10. The van der Waals surface area contributed by atoms with E-state index in [1.54, 1.807) is 0 Å². The SMILES string of the molecule is [Br-].[CH2]CCCCCCCCCCCCCCC.[Na+]. The molecule has 0 N–H and O–H groups in total. The van der Waals surface area contributed by atoms with E-state index in [1.807, 2.05) is 0 Å². The average Bonchev–Trinajstić information content (AvgIpc) is 2.31. The summed E-state index contributed by atoms with van der Waals surface area (Å²) in [7, 11) is 0. The van der Waals surface area contributed by atoms with Crippen molar-refractivity contribution in [2.75, 3.05) is 0 Å². The summed E-state index contributed by atoms with van der Waals surface area (Å²) in [5.41, 5.74) is 0. The molecule has 0 fully saturated rings. The topological polar surface area (TPSA) is 0 Å². The average molecular weight is 328 g/mol. The molecule has 105 valence electrons. The molecule has 0 atom stereocenters. The van der Waals surface area contributed by atoms with Crippen LogP contribution in [0.15, 0.2) is 0 Å². The van der Waals surface area contributed by atoms with Gasteiger partial charge >= 0.3 is 29.6 Å². The molecule has 18 heavy (non-hydrogen) atoms. The number of hydrogen-bond donors (Lipinski definition) is 0. The normalized spacial score (nSPS) is 9.67. The van der Waals surface area contributed by atoms with E-state index in [4.69, 9.17) is 0 Å². The molecule has 0 aromatic carbocycles. The van der Waals surface area contributed by atoms with E-state index >= 15 is 0 Å². The van der Waals surface area contributed by atoms with Gasteiger partial charge in [-0.25, -0.2) is 0 Å². The van der Waals surface area contributed by atoms with Crippen molar-refractivity contribution in [3.8, 4) is 0 Å². The molecule has 0 spiro atoms. The van der Waals surface area contributed by atoms with E-state index in [1.165, 1.54) is 83.5 Å². The molecule has 0 aliphatic rings. The van der Waals surface area contributed by atoms with Gasteiger partial charge < -0.3 is 17.0 Å². The molecule has 0 nitrogen and oxygen atoms in total. The van der Waals surface area contributed by atoms with Crippen molar-refractivity contribution < 1.29 is 46.5 Å². The molecule has 0 rings (SSSR count). The summed E-state index contributed by atoms with van der Waals surface area (Å²) in [4.78, 5) is 0. The van der Waals surface area contributed by atoms with Crippen molar-refractivity contribution in [1.82, 2.24) is 0 Å². The van der Waals surface area contributed by atoms with Crippen molar-refractivity contribution in [2.45, 2.75) is 96.8 Å². The molecule has 0 aromatic rings. The van der Waals surface area contributed by atoms with Crippen LogP contribution in [-0.2, 0) is 0 Å². The van der Waals surface area contributed by atoms with Gasteiger partial charge in [-0.05, 0) is 0 Å². The van der Waals surface area contributed by atoms with Gasteiger partial charge in [0.1, 0.15) is 0 Å². The Hall–Kier alpha value is 1.48. The molecule has 0 amide bonds. The van der Waals surface area contributed by atoms with E-state index in [-0.39, 0.29) is 46.5 Å². The summed E-state index contributed by atoms with van der Waals surface area (Å²) in [6, 6.07) is 0. The predicted molar refractivity (Wildman–Crippen MR) is 75.7 cm³/mol. The van der Waals surface area contributed by atoms with Crippen LogP contribution in [0.5, 0.6) is 0 Å². The Balaban J connectivity index is -0.00000112. The molecule has 0 unspecified atom stereocenters. The Morgan fingerprint density at radius 3 is 1.11 bits per heavy atom. The minimum atomic E-state index is 0. The second-order valence-corrected chi connectivity index (χ2v) is 5.10. The molecule has 0 bridgehead atoms. The van der Waals surface area contributed by atoms with Gasteiger partial charge in [-0.3, -0.25) is 0 Å². The molecular formula is C16H33BrNa. The number of rotatable bonds is 13. The fourth-order valence-corrected chi connectivity index (χ4v) is 2.19. The van der Waals surface area contributed by atoms with Crippen molar-refractivity contribution in [3.05, 3.63) is 6.92 Å². The van der Waals surface area contributed by atoms with Crippen molar-refractivity contribution in [2.24, 2.45) is 0 Å². The third-order valence-corrected chi connectivity index (χ3v) is 3.35. The fraction of sp³-hybridized carbons (Fsp3) is 0.938. The van der Waals surface area contributed by atoms with Crippen LogP contribution in [0.1, 0.15) is 96.8 Å². The molecule has 2 heteroatoms. The first-order chi connectivity index (χ1) is 7.91. The maximum absolute atomic E-state index is 3.87. The second kappa shape index (κ2) is 23.6. The van der Waals surface area contributed by atoms with Crippen LogP contribution in [0, 0.1) is 6.92 Å². The van der Waals surface area contributed by atoms with Gasteiger partial charge in [0.05, 0.1) is 0 Å². The third-order valence-electron chi connectivity index (χ3n) is 3.35. The zero-order valence-corrected chi connectivity index (χ0v) is 16.6. The first kappa shape index (κ1) is 24.5. The van der Waals surface area contributed by atoms with E-state index in [9.17, 15) is 0 Å². The standard InChI is InChI=1S/C16H33.BrH.Na/c1-3-5-7-9-11-13-15-16-14-12-10-8-6-4-2;;/h1,3-16H2,2H3;1H;/q;;+1/p-1. The predicted octanol–water partition coefficient (Wildman–Crippen LogP) is 0.310. The van der Waals surface area contributed by atoms with Gasteiger partial charge in [-0.15, -0.1) is 0 Å². The monoisotopic (exact) mass is 327 g/mol. The van der Waals surface area contributed by atoms with Gasteiger partial charge in [0.25, 0.3) is 0 Å². The first-order valence-corrected chi connectivity index (χ1v) is 7.71. The summed E-state index contributed by atoms with van der Waals surface area (Å²) in [5.74, 6) is 0. The Kier molecular flexibility index (Phi) is 32.1. The van der Waals surface area contributed by atoms with Crippen LogP contribution < -0.4 is 46.5 Å². The zero-order chi connectivity index (χ0) is 11.9. The molecule has 0 heterocycles. The summed E-state index contributed by atoms with van der Waals surface area (Å²) in [5, 5.41) is 0. The van der Waals surface area contributed by atoms with Crippen molar-refractivity contribution in [1.29, 1.82) is 0 Å². The van der Waals surface area contributed by atoms with Gasteiger partial charge in [0.15, 0.2) is 0 Å². The summed E-state index contributed by atoms with van der Waals surface area (Å²) in [6.07, 6.45) is 19.8. The van der Waals surface area contributed by atoms with Crippen molar-refractivity contribution >= 4 is 0 Å². The molecule has 0 saturated heterocycles. The van der Waals surface area contributed by atoms with Crippen LogP contribution >= 0.6 is 0 Å². The Labute approximate surface area is 149 Å². The number of hydrogen-bond acceptors (Lipinski definition) is 0. The summed E-state index contributed by atoms with van der Waals surface area (Å²) in [6.45, 7) is 6.16. The van der Waals surface area contributed by atoms with Gasteiger partial charge in [0, 0.05) is 0 Å². The van der Waals surface area contributed by atoms with E-state index in [2.05, 4.69) is 13.8 Å². The number of halogens is 1. The van der Waals surface area contributed by atoms with E-state index in [0.29, 0.717) is 0 Å². The molecule has 1 radical (unpaired) electrons. The smallest absolute Gasteiger partial charge is 1.00 e. The molecule has 0 aliphatic carbocycles. The van der Waals surface area contributed by atoms with Gasteiger partial charge in [0.2, 0.25) is 0 Å². The molecular weight excluding hydrogens is 295 g/mol. The fourth-order valence-electron chi connectivity index (χ4n) is 2.19. The van der Waals surface area contributed by atoms with E-state index < -0.39 is 0 Å². The van der Waals surface area contributed by atoms with Crippen LogP contribution in [0.4, 0.5) is 0 Å². The minimum Gasteiger partial charge on any atom is -1.00 e. The van der Waals surface area contributed by atoms with Crippen LogP contribution in [0.3, 0.4) is 0 Å². The summed E-state index contributed by atoms with van der Waals surface area (Å²) >= 11 is 0. The van der Waals surface area contributed by atoms with Crippen LogP contribution in [0.2, 0.25) is 0 Å². The first-order valence-electron chi connectivity index (χ1n) is 7.71. The Bertz CT molecular complexity index is 104. The van der Waals surface area contributed by atoms with Gasteiger partial charge in [-0.2, -0.15) is 0 Å². The maximum Gasteiger partial charge on any atom is 1.00 e.